The SMILES string of the molecule is CC[C@@H](C)NC(=O)[C@@H](Cc1ccccc1)N(Cc1cccc(Br)c1)C(=O)CN(c1ccccc1)S(=O)(=O)c1ccc(OC)c(OC)c1. The van der Waals surface area contributed by atoms with Crippen molar-refractivity contribution < 1.29 is 27.5 Å². The number of hydrogen-bond acceptors (Lipinski definition) is 6. The molecule has 0 bridgehead atoms. The number of nitrogens with zero attached hydrogens (tertiary/aromatic N) is 2. The van der Waals surface area contributed by atoms with Crippen LogP contribution in [0, 0.1) is 0 Å². The van der Waals surface area contributed by atoms with Crippen LogP contribution in [0.15, 0.2) is 112 Å². The molecule has 0 aliphatic rings. The molecule has 47 heavy (non-hydrogen) atoms. The average Bonchev–Trinajstić information content (AvgIpc) is 3.08. The normalized spacial score (nSPS) is 12.4. The zero-order chi connectivity index (χ0) is 34.0. The predicted octanol–water partition coefficient (Wildman–Crippen LogP) is 6.22. The van der Waals surface area contributed by atoms with Gasteiger partial charge in [-0.3, -0.25) is 13.9 Å². The van der Waals surface area contributed by atoms with Crippen molar-refractivity contribution in [3.63, 3.8) is 0 Å². The van der Waals surface area contributed by atoms with Crippen LogP contribution in [0.5, 0.6) is 11.5 Å². The van der Waals surface area contributed by atoms with Crippen molar-refractivity contribution in [3.05, 3.63) is 119 Å². The number of hydrogen-bond donors (Lipinski definition) is 1. The molecule has 4 aromatic rings. The third kappa shape index (κ3) is 9.14. The van der Waals surface area contributed by atoms with Crippen LogP contribution in [0.2, 0.25) is 0 Å². The summed E-state index contributed by atoms with van der Waals surface area (Å²) in [6, 6.07) is 28.6. The van der Waals surface area contributed by atoms with Crippen molar-refractivity contribution in [3.8, 4) is 11.5 Å². The number of carbonyl (C=O) groups is 2. The van der Waals surface area contributed by atoms with Gasteiger partial charge in [-0.25, -0.2) is 8.42 Å². The Kier molecular flexibility index (Phi) is 12.4. The Labute approximate surface area is 285 Å². The maximum absolute atomic E-state index is 14.6. The fourth-order valence-corrected chi connectivity index (χ4v) is 6.93. The second kappa shape index (κ2) is 16.5. The Balaban J connectivity index is 1.81. The topological polar surface area (TPSA) is 105 Å². The van der Waals surface area contributed by atoms with E-state index in [-0.39, 0.29) is 35.6 Å². The van der Waals surface area contributed by atoms with Crippen molar-refractivity contribution in [2.24, 2.45) is 0 Å². The minimum Gasteiger partial charge on any atom is -0.493 e. The van der Waals surface area contributed by atoms with Crippen LogP contribution in [0.3, 0.4) is 0 Å². The Morgan fingerprint density at radius 1 is 0.830 bits per heavy atom. The number of sulfonamides is 1. The molecule has 248 valence electrons. The molecule has 0 unspecified atom stereocenters. The summed E-state index contributed by atoms with van der Waals surface area (Å²) in [7, 11) is -1.42. The van der Waals surface area contributed by atoms with Crippen LogP contribution in [0.4, 0.5) is 5.69 Å². The summed E-state index contributed by atoms with van der Waals surface area (Å²) < 4.78 is 41.2. The van der Waals surface area contributed by atoms with E-state index in [1.54, 1.807) is 30.3 Å². The minimum absolute atomic E-state index is 0.0722. The van der Waals surface area contributed by atoms with Gasteiger partial charge in [0, 0.05) is 29.5 Å². The largest absolute Gasteiger partial charge is 0.493 e. The van der Waals surface area contributed by atoms with Gasteiger partial charge in [-0.2, -0.15) is 0 Å². The molecule has 0 spiro atoms. The molecular weight excluding hydrogens is 682 g/mol. The quantitative estimate of drug-likeness (QED) is 0.156. The zero-order valence-electron chi connectivity index (χ0n) is 26.9. The summed E-state index contributed by atoms with van der Waals surface area (Å²) in [4.78, 5) is 29.9. The van der Waals surface area contributed by atoms with Crippen molar-refractivity contribution in [2.75, 3.05) is 25.1 Å². The van der Waals surface area contributed by atoms with E-state index in [4.69, 9.17) is 9.47 Å². The zero-order valence-corrected chi connectivity index (χ0v) is 29.3. The highest BCUT2D eigenvalue weighted by Crippen LogP contribution is 2.32. The summed E-state index contributed by atoms with van der Waals surface area (Å²) in [6.07, 6.45) is 0.936. The molecule has 4 aromatic carbocycles. The summed E-state index contributed by atoms with van der Waals surface area (Å²) in [6.45, 7) is 3.39. The lowest BCUT2D eigenvalue weighted by Gasteiger charge is -2.34. The van der Waals surface area contributed by atoms with Gasteiger partial charge in [0.1, 0.15) is 12.6 Å². The molecule has 0 aromatic heterocycles. The number of methoxy groups -OCH3 is 2. The van der Waals surface area contributed by atoms with Crippen LogP contribution in [-0.2, 0) is 32.6 Å². The summed E-state index contributed by atoms with van der Waals surface area (Å²) in [5, 5.41) is 3.05. The van der Waals surface area contributed by atoms with Crippen molar-refractivity contribution >= 4 is 43.5 Å². The van der Waals surface area contributed by atoms with E-state index < -0.39 is 28.5 Å². The fraction of sp³-hybridized carbons (Fsp3) is 0.278. The molecule has 0 aliphatic heterocycles. The molecule has 0 heterocycles. The standard InChI is InChI=1S/C36H40BrN3O6S/c1-5-26(2)38-36(42)32(22-27-13-8-6-9-14-27)39(24-28-15-12-16-29(37)21-28)35(41)25-40(30-17-10-7-11-18-30)47(43,44)31-19-20-33(45-3)34(23-31)46-4/h6-21,23,26,32H,5,22,24-25H2,1-4H3,(H,38,42)/t26-,32-/m1/s1. The predicted molar refractivity (Wildman–Crippen MR) is 187 cm³/mol. The first-order valence-electron chi connectivity index (χ1n) is 15.2. The summed E-state index contributed by atoms with van der Waals surface area (Å²) in [5.74, 6) is -0.266. The second-order valence-electron chi connectivity index (χ2n) is 11.0. The second-order valence-corrected chi connectivity index (χ2v) is 13.8. The Morgan fingerprint density at radius 3 is 2.09 bits per heavy atom. The van der Waals surface area contributed by atoms with Crippen LogP contribution >= 0.6 is 15.9 Å². The van der Waals surface area contributed by atoms with Crippen molar-refractivity contribution in [1.82, 2.24) is 10.2 Å². The van der Waals surface area contributed by atoms with E-state index in [2.05, 4.69) is 21.2 Å². The fourth-order valence-electron chi connectivity index (χ4n) is 5.05. The first-order chi connectivity index (χ1) is 22.6. The Bertz CT molecular complexity index is 1760. The van der Waals surface area contributed by atoms with E-state index in [1.165, 1.54) is 37.3 Å². The highest BCUT2D eigenvalue weighted by atomic mass is 79.9. The van der Waals surface area contributed by atoms with Gasteiger partial charge in [0.15, 0.2) is 11.5 Å². The lowest BCUT2D eigenvalue weighted by Crippen LogP contribution is -2.54. The molecule has 0 aliphatic carbocycles. The van der Waals surface area contributed by atoms with Gasteiger partial charge in [-0.1, -0.05) is 83.5 Å². The molecule has 11 heteroatoms. The maximum atomic E-state index is 14.6. The van der Waals surface area contributed by atoms with Crippen LogP contribution in [0.25, 0.3) is 0 Å². The van der Waals surface area contributed by atoms with Gasteiger partial charge in [-0.05, 0) is 60.9 Å². The lowest BCUT2D eigenvalue weighted by molar-refractivity contribution is -0.140. The molecule has 2 atom stereocenters. The number of nitrogens with one attached hydrogen (secondary N) is 1. The molecule has 0 fully saturated rings. The van der Waals surface area contributed by atoms with E-state index in [1.807, 2.05) is 68.4 Å². The molecule has 2 amide bonds. The highest BCUT2D eigenvalue weighted by molar-refractivity contribution is 9.10. The number of benzene rings is 4. The Morgan fingerprint density at radius 2 is 1.47 bits per heavy atom. The van der Waals surface area contributed by atoms with Gasteiger partial charge in [0.25, 0.3) is 10.0 Å². The molecule has 0 saturated carbocycles. The van der Waals surface area contributed by atoms with Gasteiger partial charge in [0.2, 0.25) is 11.8 Å². The molecule has 1 N–H and O–H groups in total. The Hall–Kier alpha value is -4.35. The van der Waals surface area contributed by atoms with Gasteiger partial charge < -0.3 is 19.7 Å². The van der Waals surface area contributed by atoms with E-state index in [9.17, 15) is 18.0 Å². The number of halogens is 1. The molecule has 4 rings (SSSR count). The lowest BCUT2D eigenvalue weighted by atomic mass is 10.0. The third-order valence-electron chi connectivity index (χ3n) is 7.78. The maximum Gasteiger partial charge on any atom is 0.264 e. The number of carbonyl (C=O) groups excluding carboxylic acids is 2. The van der Waals surface area contributed by atoms with Gasteiger partial charge in [-0.15, -0.1) is 0 Å². The highest BCUT2D eigenvalue weighted by Gasteiger charge is 2.35. The van der Waals surface area contributed by atoms with Crippen LogP contribution < -0.4 is 19.1 Å². The van der Waals surface area contributed by atoms with E-state index in [0.717, 1.165) is 19.9 Å². The van der Waals surface area contributed by atoms with E-state index in [0.29, 0.717) is 17.9 Å². The van der Waals surface area contributed by atoms with Gasteiger partial charge in [0.05, 0.1) is 24.8 Å². The monoisotopic (exact) mass is 721 g/mol. The average molecular weight is 723 g/mol. The molecule has 0 radical (unpaired) electrons. The number of rotatable bonds is 15. The summed E-state index contributed by atoms with van der Waals surface area (Å²) in [5.41, 5.74) is 1.93. The number of para-hydroxylation sites is 1. The van der Waals surface area contributed by atoms with Crippen LogP contribution in [-0.4, -0.2) is 58.0 Å². The number of amides is 2. The van der Waals surface area contributed by atoms with Crippen molar-refractivity contribution in [1.29, 1.82) is 0 Å². The summed E-state index contributed by atoms with van der Waals surface area (Å²) >= 11 is 3.51. The van der Waals surface area contributed by atoms with Crippen LogP contribution in [0.1, 0.15) is 31.4 Å². The third-order valence-corrected chi connectivity index (χ3v) is 10.0. The van der Waals surface area contributed by atoms with Gasteiger partial charge >= 0.3 is 0 Å². The minimum atomic E-state index is -4.31. The van der Waals surface area contributed by atoms with E-state index >= 15 is 0 Å². The molecule has 9 nitrogen and oxygen atoms in total. The number of anilines is 1. The smallest absolute Gasteiger partial charge is 0.264 e. The first kappa shape index (κ1) is 35.5. The first-order valence-corrected chi connectivity index (χ1v) is 17.5. The van der Waals surface area contributed by atoms with Crippen molar-refractivity contribution in [2.45, 2.75) is 50.2 Å². The number of ether oxygens (including phenoxy) is 2. The molecule has 0 saturated heterocycles. The molecular formula is C36H40BrN3O6S.